The summed E-state index contributed by atoms with van der Waals surface area (Å²) in [5.74, 6) is 0.859. The van der Waals surface area contributed by atoms with Crippen molar-refractivity contribution in [2.75, 3.05) is 13.2 Å². The molecule has 4 saturated heterocycles. The van der Waals surface area contributed by atoms with Gasteiger partial charge in [-0.1, -0.05) is 39.3 Å². The Morgan fingerprint density at radius 2 is 1.59 bits per heavy atom. The van der Waals surface area contributed by atoms with Crippen LogP contribution in [0, 0.1) is 46.3 Å². The molecular formula is C38H60O13. The third-order valence-corrected chi connectivity index (χ3v) is 15.4. The summed E-state index contributed by atoms with van der Waals surface area (Å²) >= 11 is 0. The van der Waals surface area contributed by atoms with E-state index >= 15 is 0 Å². The van der Waals surface area contributed by atoms with Gasteiger partial charge in [0.25, 0.3) is 0 Å². The topological polar surface area (TPSA) is 197 Å². The summed E-state index contributed by atoms with van der Waals surface area (Å²) in [7, 11) is 0. The number of aliphatic hydroxyl groups excluding tert-OH is 7. The lowest BCUT2D eigenvalue weighted by atomic mass is 9.46. The zero-order valence-electron chi connectivity index (χ0n) is 30.5. The van der Waals surface area contributed by atoms with E-state index in [0.717, 1.165) is 25.7 Å². The monoisotopic (exact) mass is 724 g/mol. The van der Waals surface area contributed by atoms with E-state index in [1.807, 2.05) is 6.92 Å². The number of hydrogen-bond acceptors (Lipinski definition) is 13. The minimum absolute atomic E-state index is 0.0418. The average molecular weight is 725 g/mol. The van der Waals surface area contributed by atoms with Gasteiger partial charge in [-0.25, -0.2) is 0 Å². The standard InChI is InChI=1S/C38H60O13/c1-16-14-47-38(13-24(16)40)17(2)28-26(51-38)12-23-21-7-6-19-10-20(39)11-27(37(19,5)22(21)8-9-36(23,28)4)49-35-33(30(43)25(41)15-46-35)50-34-32(45)31(44)29(42)18(3)48-34/h6,16-18,20-35,39-45H,7-15H2,1-5H3. The van der Waals surface area contributed by atoms with Crippen LogP contribution in [0.4, 0.5) is 0 Å². The SMILES string of the molecule is CC1COC2(CC1O)OC1CC3C4CC=C5CC(O)CC(OC6OCC(O)C(O)C6OC6OC(C)C(O)C(O)C6O)C5(C)C4CCC3(C)C1C2C. The summed E-state index contributed by atoms with van der Waals surface area (Å²) in [5, 5.41) is 75.0. The molecule has 1 spiro atoms. The van der Waals surface area contributed by atoms with E-state index in [-0.39, 0.29) is 35.9 Å². The highest BCUT2D eigenvalue weighted by Gasteiger charge is 2.70. The van der Waals surface area contributed by atoms with Crippen LogP contribution in [0.15, 0.2) is 11.6 Å². The molecule has 8 rings (SSSR count). The smallest absolute Gasteiger partial charge is 0.187 e. The summed E-state index contributed by atoms with van der Waals surface area (Å²) in [5.41, 5.74) is 0.759. The molecule has 13 heteroatoms. The van der Waals surface area contributed by atoms with E-state index < -0.39 is 84.8 Å². The van der Waals surface area contributed by atoms with Gasteiger partial charge < -0.3 is 64.2 Å². The molecule has 0 aromatic heterocycles. The molecule has 51 heavy (non-hydrogen) atoms. The van der Waals surface area contributed by atoms with Gasteiger partial charge >= 0.3 is 0 Å². The first-order chi connectivity index (χ1) is 24.1. The molecule has 0 bridgehead atoms. The second kappa shape index (κ2) is 13.2. The Morgan fingerprint density at radius 3 is 2.33 bits per heavy atom. The van der Waals surface area contributed by atoms with Crippen molar-refractivity contribution < 1.29 is 64.2 Å². The van der Waals surface area contributed by atoms with Crippen molar-refractivity contribution in [3.05, 3.63) is 11.6 Å². The van der Waals surface area contributed by atoms with E-state index in [1.165, 1.54) is 12.5 Å². The van der Waals surface area contributed by atoms with Gasteiger partial charge in [0.1, 0.15) is 36.6 Å². The maximum Gasteiger partial charge on any atom is 0.187 e. The van der Waals surface area contributed by atoms with E-state index in [4.69, 9.17) is 28.4 Å². The number of rotatable bonds is 4. The molecule has 22 unspecified atom stereocenters. The summed E-state index contributed by atoms with van der Waals surface area (Å²) < 4.78 is 37.8. The summed E-state index contributed by atoms with van der Waals surface area (Å²) in [6.07, 6.45) is -5.94. The van der Waals surface area contributed by atoms with Gasteiger partial charge in [0.2, 0.25) is 0 Å². The molecule has 7 fully saturated rings. The van der Waals surface area contributed by atoms with Crippen LogP contribution in [0.2, 0.25) is 0 Å². The van der Waals surface area contributed by atoms with Crippen LogP contribution in [0.1, 0.15) is 79.6 Å². The van der Waals surface area contributed by atoms with Crippen LogP contribution in [0.5, 0.6) is 0 Å². The third kappa shape index (κ3) is 5.66. The molecule has 3 saturated carbocycles. The quantitative estimate of drug-likeness (QED) is 0.203. The van der Waals surface area contributed by atoms with E-state index in [0.29, 0.717) is 43.6 Å². The number of ether oxygens (including phenoxy) is 6. The lowest BCUT2D eigenvalue weighted by molar-refractivity contribution is -0.362. The lowest BCUT2D eigenvalue weighted by Crippen LogP contribution is -2.63. The molecule has 0 amide bonds. The molecule has 4 aliphatic heterocycles. The minimum Gasteiger partial charge on any atom is -0.393 e. The molecule has 7 N–H and O–H groups in total. The Balaban J connectivity index is 1.04. The predicted octanol–water partition coefficient (Wildman–Crippen LogP) is 0.971. The highest BCUT2D eigenvalue weighted by atomic mass is 16.8. The van der Waals surface area contributed by atoms with E-state index in [2.05, 4.69) is 26.8 Å². The Labute approximate surface area is 300 Å². The number of fused-ring (bicyclic) bond motifs is 7. The average Bonchev–Trinajstić information content (AvgIpc) is 3.53. The van der Waals surface area contributed by atoms with Gasteiger partial charge in [0.05, 0.1) is 43.7 Å². The maximum absolute atomic E-state index is 11.1. The fraction of sp³-hybridized carbons (Fsp3) is 0.947. The van der Waals surface area contributed by atoms with Crippen molar-refractivity contribution in [1.29, 1.82) is 0 Å². The van der Waals surface area contributed by atoms with Crippen LogP contribution < -0.4 is 0 Å². The summed E-state index contributed by atoms with van der Waals surface area (Å²) in [6, 6.07) is 0. The number of aliphatic hydroxyl groups is 7. The maximum atomic E-state index is 11.1. The molecule has 22 atom stereocenters. The normalized spacial score (nSPS) is 59.8. The Bertz CT molecular complexity index is 1330. The molecule has 0 aromatic rings. The molecule has 13 nitrogen and oxygen atoms in total. The largest absolute Gasteiger partial charge is 0.393 e. The van der Waals surface area contributed by atoms with Gasteiger partial charge in [-0.15, -0.1) is 0 Å². The van der Waals surface area contributed by atoms with Gasteiger partial charge in [-0.3, -0.25) is 0 Å². The fourth-order valence-electron chi connectivity index (χ4n) is 12.4. The Hall–Kier alpha value is -0.780. The Kier molecular flexibility index (Phi) is 9.60. The second-order valence-electron chi connectivity index (χ2n) is 18.0. The number of hydrogen-bond donors (Lipinski definition) is 7. The zero-order valence-corrected chi connectivity index (χ0v) is 30.5. The van der Waals surface area contributed by atoms with E-state index in [1.54, 1.807) is 0 Å². The van der Waals surface area contributed by atoms with Crippen LogP contribution in [-0.2, 0) is 28.4 Å². The molecular weight excluding hydrogens is 664 g/mol. The van der Waals surface area contributed by atoms with Crippen LogP contribution in [-0.4, -0.2) is 134 Å². The van der Waals surface area contributed by atoms with Crippen molar-refractivity contribution in [2.45, 2.75) is 165 Å². The van der Waals surface area contributed by atoms with Crippen LogP contribution in [0.3, 0.4) is 0 Å². The zero-order chi connectivity index (χ0) is 36.4. The summed E-state index contributed by atoms with van der Waals surface area (Å²) in [6.45, 7) is 10.8. The van der Waals surface area contributed by atoms with Crippen molar-refractivity contribution in [2.24, 2.45) is 46.3 Å². The lowest BCUT2D eigenvalue weighted by Gasteiger charge is -2.60. The summed E-state index contributed by atoms with van der Waals surface area (Å²) in [4.78, 5) is 0. The fourth-order valence-corrected chi connectivity index (χ4v) is 12.4. The molecule has 4 aliphatic carbocycles. The first kappa shape index (κ1) is 37.2. The molecule has 8 aliphatic rings. The van der Waals surface area contributed by atoms with Gasteiger partial charge in [0, 0.05) is 30.1 Å². The van der Waals surface area contributed by atoms with Gasteiger partial charge in [0.15, 0.2) is 18.4 Å². The van der Waals surface area contributed by atoms with Crippen LogP contribution >= 0.6 is 0 Å². The predicted molar refractivity (Wildman–Crippen MR) is 178 cm³/mol. The van der Waals surface area contributed by atoms with Crippen molar-refractivity contribution in [3.63, 3.8) is 0 Å². The van der Waals surface area contributed by atoms with E-state index in [9.17, 15) is 35.7 Å². The van der Waals surface area contributed by atoms with Crippen LogP contribution in [0.25, 0.3) is 0 Å². The first-order valence-electron chi connectivity index (χ1n) is 19.4. The minimum atomic E-state index is -1.62. The van der Waals surface area contributed by atoms with Gasteiger partial charge in [-0.05, 0) is 68.1 Å². The Morgan fingerprint density at radius 1 is 0.824 bits per heavy atom. The molecule has 4 heterocycles. The second-order valence-corrected chi connectivity index (χ2v) is 18.0. The van der Waals surface area contributed by atoms with Crippen molar-refractivity contribution >= 4 is 0 Å². The number of allylic oxidation sites excluding steroid dienone is 1. The molecule has 0 radical (unpaired) electrons. The highest BCUT2D eigenvalue weighted by Crippen LogP contribution is 2.71. The van der Waals surface area contributed by atoms with Crippen molar-refractivity contribution in [1.82, 2.24) is 0 Å². The first-order valence-corrected chi connectivity index (χ1v) is 19.4. The highest BCUT2D eigenvalue weighted by molar-refractivity contribution is 5.29. The van der Waals surface area contributed by atoms with Gasteiger partial charge in [-0.2, -0.15) is 0 Å². The molecule has 0 aromatic carbocycles. The van der Waals surface area contributed by atoms with Crippen molar-refractivity contribution in [3.8, 4) is 0 Å². The molecule has 290 valence electrons. The third-order valence-electron chi connectivity index (χ3n) is 15.4.